The minimum atomic E-state index is 0.493. The first-order valence-corrected chi connectivity index (χ1v) is 9.40. The Morgan fingerprint density at radius 1 is 1.04 bits per heavy atom. The average Bonchev–Trinajstić information content (AvgIpc) is 2.67. The molecule has 1 aliphatic carbocycles. The maximum Gasteiger partial charge on any atom is 0.163 e. The zero-order chi connectivity index (χ0) is 17.5. The summed E-state index contributed by atoms with van der Waals surface area (Å²) < 4.78 is 11.4. The van der Waals surface area contributed by atoms with E-state index in [0.29, 0.717) is 23.4 Å². The van der Waals surface area contributed by atoms with Crippen molar-refractivity contribution in [2.45, 2.75) is 51.3 Å². The van der Waals surface area contributed by atoms with Crippen molar-refractivity contribution >= 4 is 11.6 Å². The van der Waals surface area contributed by atoms with Crippen molar-refractivity contribution in [3.8, 4) is 11.5 Å². The van der Waals surface area contributed by atoms with Crippen LogP contribution in [-0.2, 0) is 13.2 Å². The lowest BCUT2D eigenvalue weighted by Gasteiger charge is -2.23. The summed E-state index contributed by atoms with van der Waals surface area (Å²) in [6.45, 7) is 1.26. The zero-order valence-electron chi connectivity index (χ0n) is 14.8. The number of rotatable bonds is 7. The highest BCUT2D eigenvalue weighted by Crippen LogP contribution is 2.34. The Balaban J connectivity index is 1.65. The summed E-state index contributed by atoms with van der Waals surface area (Å²) >= 11 is 6.48. The molecule has 0 atom stereocenters. The quantitative estimate of drug-likeness (QED) is 0.722. The molecule has 1 N–H and O–H groups in total. The van der Waals surface area contributed by atoms with Crippen molar-refractivity contribution in [2.75, 3.05) is 7.11 Å². The Morgan fingerprint density at radius 2 is 1.80 bits per heavy atom. The molecule has 4 heteroatoms. The second-order valence-corrected chi connectivity index (χ2v) is 6.99. The van der Waals surface area contributed by atoms with Gasteiger partial charge < -0.3 is 14.8 Å². The Kier molecular flexibility index (Phi) is 6.60. The number of halogens is 1. The number of benzene rings is 2. The molecule has 0 bridgehead atoms. The van der Waals surface area contributed by atoms with Crippen LogP contribution in [-0.4, -0.2) is 13.2 Å². The Hall–Kier alpha value is -1.71. The van der Waals surface area contributed by atoms with Gasteiger partial charge in [0, 0.05) is 23.7 Å². The second-order valence-electron chi connectivity index (χ2n) is 6.58. The normalized spacial score (nSPS) is 15.1. The highest BCUT2D eigenvalue weighted by molar-refractivity contribution is 6.31. The van der Waals surface area contributed by atoms with E-state index in [1.165, 1.54) is 32.1 Å². The zero-order valence-corrected chi connectivity index (χ0v) is 15.5. The molecule has 0 amide bonds. The number of methoxy groups -OCH3 is 1. The summed E-state index contributed by atoms with van der Waals surface area (Å²) in [5.74, 6) is 1.40. The van der Waals surface area contributed by atoms with Gasteiger partial charge in [-0.1, -0.05) is 61.2 Å². The molecule has 25 heavy (non-hydrogen) atoms. The first-order chi connectivity index (χ1) is 12.3. The van der Waals surface area contributed by atoms with E-state index in [1.807, 2.05) is 42.5 Å². The highest BCUT2D eigenvalue weighted by atomic mass is 35.5. The van der Waals surface area contributed by atoms with E-state index in [0.717, 1.165) is 23.4 Å². The van der Waals surface area contributed by atoms with E-state index in [4.69, 9.17) is 21.1 Å². The minimum Gasteiger partial charge on any atom is -0.493 e. The molecule has 1 aliphatic rings. The summed E-state index contributed by atoms with van der Waals surface area (Å²) in [5.41, 5.74) is 2.17. The van der Waals surface area contributed by atoms with Crippen molar-refractivity contribution in [3.05, 3.63) is 58.6 Å². The van der Waals surface area contributed by atoms with E-state index in [9.17, 15) is 0 Å². The summed E-state index contributed by atoms with van der Waals surface area (Å²) in [6, 6.07) is 14.5. The fourth-order valence-corrected chi connectivity index (χ4v) is 3.50. The molecule has 0 aliphatic heterocycles. The molecular formula is C21H26ClNO2. The lowest BCUT2D eigenvalue weighted by molar-refractivity contribution is 0.284. The van der Waals surface area contributed by atoms with Gasteiger partial charge in [-0.05, 0) is 30.0 Å². The van der Waals surface area contributed by atoms with Gasteiger partial charge in [0.25, 0.3) is 0 Å². The van der Waals surface area contributed by atoms with Crippen molar-refractivity contribution in [3.63, 3.8) is 0 Å². The van der Waals surface area contributed by atoms with Crippen molar-refractivity contribution < 1.29 is 9.47 Å². The smallest absolute Gasteiger partial charge is 0.163 e. The van der Waals surface area contributed by atoms with Crippen LogP contribution in [0.4, 0.5) is 0 Å². The number of hydrogen-bond donors (Lipinski definition) is 1. The van der Waals surface area contributed by atoms with Crippen LogP contribution in [0.3, 0.4) is 0 Å². The second kappa shape index (κ2) is 9.12. The van der Waals surface area contributed by atoms with Crippen LogP contribution in [0.25, 0.3) is 0 Å². The topological polar surface area (TPSA) is 30.5 Å². The largest absolute Gasteiger partial charge is 0.493 e. The molecule has 1 fully saturated rings. The molecule has 2 aromatic rings. The monoisotopic (exact) mass is 359 g/mol. The van der Waals surface area contributed by atoms with Crippen LogP contribution < -0.4 is 14.8 Å². The summed E-state index contributed by atoms with van der Waals surface area (Å²) in [6.07, 6.45) is 6.52. The van der Waals surface area contributed by atoms with Gasteiger partial charge in [-0.2, -0.15) is 0 Å². The van der Waals surface area contributed by atoms with Gasteiger partial charge in [0.1, 0.15) is 6.61 Å². The third-order valence-electron chi connectivity index (χ3n) is 4.76. The SMILES string of the molecule is COc1cc(CNC2CCCCC2)c(Cl)cc1OCc1ccccc1. The minimum absolute atomic E-state index is 0.493. The summed E-state index contributed by atoms with van der Waals surface area (Å²) in [5, 5.41) is 4.34. The van der Waals surface area contributed by atoms with Crippen molar-refractivity contribution in [2.24, 2.45) is 0 Å². The predicted molar refractivity (Wildman–Crippen MR) is 102 cm³/mol. The molecular weight excluding hydrogens is 334 g/mol. The molecule has 3 nitrogen and oxygen atoms in total. The van der Waals surface area contributed by atoms with E-state index in [2.05, 4.69) is 5.32 Å². The van der Waals surface area contributed by atoms with Crippen LogP contribution in [0, 0.1) is 0 Å². The van der Waals surface area contributed by atoms with Crippen LogP contribution in [0.2, 0.25) is 5.02 Å². The maximum absolute atomic E-state index is 6.48. The van der Waals surface area contributed by atoms with Gasteiger partial charge in [0.2, 0.25) is 0 Å². The molecule has 0 aromatic heterocycles. The molecule has 134 valence electrons. The Labute approximate surface area is 155 Å². The van der Waals surface area contributed by atoms with Crippen LogP contribution >= 0.6 is 11.6 Å². The fourth-order valence-electron chi connectivity index (χ4n) is 3.28. The van der Waals surface area contributed by atoms with E-state index in [1.54, 1.807) is 7.11 Å². The fraction of sp³-hybridized carbons (Fsp3) is 0.429. The van der Waals surface area contributed by atoms with Crippen LogP contribution in [0.1, 0.15) is 43.2 Å². The average molecular weight is 360 g/mol. The molecule has 2 aromatic carbocycles. The van der Waals surface area contributed by atoms with E-state index in [-0.39, 0.29) is 0 Å². The van der Waals surface area contributed by atoms with Crippen molar-refractivity contribution in [1.82, 2.24) is 5.32 Å². The van der Waals surface area contributed by atoms with Crippen molar-refractivity contribution in [1.29, 1.82) is 0 Å². The summed E-state index contributed by atoms with van der Waals surface area (Å²) in [4.78, 5) is 0. The standard InChI is InChI=1S/C21H26ClNO2/c1-24-20-12-17(14-23-18-10-6-3-7-11-18)19(22)13-21(20)25-15-16-8-4-2-5-9-16/h2,4-5,8-9,12-13,18,23H,3,6-7,10-11,14-15H2,1H3. The molecule has 0 unspecified atom stereocenters. The van der Waals surface area contributed by atoms with Gasteiger partial charge in [0.15, 0.2) is 11.5 Å². The third-order valence-corrected chi connectivity index (χ3v) is 5.11. The summed E-state index contributed by atoms with van der Waals surface area (Å²) in [7, 11) is 1.66. The van der Waals surface area contributed by atoms with Gasteiger partial charge >= 0.3 is 0 Å². The van der Waals surface area contributed by atoms with Gasteiger partial charge in [-0.3, -0.25) is 0 Å². The lowest BCUT2D eigenvalue weighted by atomic mass is 9.95. The Morgan fingerprint density at radius 3 is 2.52 bits per heavy atom. The van der Waals surface area contributed by atoms with E-state index >= 15 is 0 Å². The first kappa shape index (κ1) is 18.1. The molecule has 0 saturated heterocycles. The van der Waals surface area contributed by atoms with Crippen LogP contribution in [0.15, 0.2) is 42.5 Å². The maximum atomic E-state index is 6.48. The molecule has 0 radical (unpaired) electrons. The number of nitrogens with one attached hydrogen (secondary N) is 1. The van der Waals surface area contributed by atoms with Gasteiger partial charge in [-0.25, -0.2) is 0 Å². The highest BCUT2D eigenvalue weighted by Gasteiger charge is 2.15. The molecule has 3 rings (SSSR count). The molecule has 0 heterocycles. The van der Waals surface area contributed by atoms with E-state index < -0.39 is 0 Å². The third kappa shape index (κ3) is 5.13. The number of hydrogen-bond acceptors (Lipinski definition) is 3. The molecule has 1 saturated carbocycles. The molecule has 0 spiro atoms. The lowest BCUT2D eigenvalue weighted by Crippen LogP contribution is -2.30. The first-order valence-electron chi connectivity index (χ1n) is 9.03. The van der Waals surface area contributed by atoms with Gasteiger partial charge in [-0.15, -0.1) is 0 Å². The Bertz CT molecular complexity index is 669. The number of ether oxygens (including phenoxy) is 2. The predicted octanol–water partition coefficient (Wildman–Crippen LogP) is 5.35. The van der Waals surface area contributed by atoms with Gasteiger partial charge in [0.05, 0.1) is 7.11 Å². The van der Waals surface area contributed by atoms with Crippen LogP contribution in [0.5, 0.6) is 11.5 Å².